The van der Waals surface area contributed by atoms with Crippen molar-refractivity contribution >= 4 is 5.91 Å². The average molecular weight is 543 g/mol. The number of likely N-dealkylation sites (tertiary alicyclic amines) is 1. The number of benzene rings is 2. The van der Waals surface area contributed by atoms with E-state index in [9.17, 15) is 15.0 Å². The topological polar surface area (TPSA) is 82.0 Å². The number of hydrogen-bond donors (Lipinski definition) is 3. The van der Waals surface area contributed by atoms with E-state index in [1.165, 1.54) is 18.4 Å². The van der Waals surface area contributed by atoms with Gasteiger partial charge in [0.2, 0.25) is 0 Å². The quantitative estimate of drug-likeness (QED) is 0.493. The lowest BCUT2D eigenvalue weighted by Crippen LogP contribution is -2.77. The minimum absolute atomic E-state index is 0.00317. The van der Waals surface area contributed by atoms with E-state index in [1.54, 1.807) is 13.1 Å². The van der Waals surface area contributed by atoms with Crippen LogP contribution in [0.5, 0.6) is 11.5 Å². The summed E-state index contributed by atoms with van der Waals surface area (Å²) in [6.45, 7) is 8.79. The van der Waals surface area contributed by atoms with Crippen molar-refractivity contribution in [1.29, 1.82) is 0 Å². The Balaban J connectivity index is 0.000000189. The number of aryl methyl sites for hydroxylation is 1. The van der Waals surface area contributed by atoms with Crippen molar-refractivity contribution in [2.45, 2.75) is 82.5 Å². The smallest absolute Gasteiger partial charge is 0.295 e. The molecule has 2 aliphatic heterocycles. The number of carbonyl (C=O) groups excluding carboxylic acids is 1. The van der Waals surface area contributed by atoms with Crippen molar-refractivity contribution in [3.63, 3.8) is 0 Å². The van der Waals surface area contributed by atoms with E-state index in [1.807, 2.05) is 31.2 Å². The summed E-state index contributed by atoms with van der Waals surface area (Å²) in [6, 6.07) is 11.7. The van der Waals surface area contributed by atoms with Crippen LogP contribution in [0, 0.1) is 36.5 Å². The van der Waals surface area contributed by atoms with Gasteiger partial charge in [-0.05, 0) is 99.5 Å². The molecule has 0 radical (unpaired) electrons. The van der Waals surface area contributed by atoms with Gasteiger partial charge in [0, 0.05) is 43.2 Å². The molecule has 6 atom stereocenters. The number of carbonyl (C=O) groups is 1. The summed E-state index contributed by atoms with van der Waals surface area (Å²) in [6.07, 6.45) is 6.53. The van der Waals surface area contributed by atoms with Crippen molar-refractivity contribution < 1.29 is 19.7 Å². The molecule has 212 valence electrons. The molecule has 3 aliphatic carbocycles. The van der Waals surface area contributed by atoms with E-state index < -0.39 is 5.60 Å². The lowest BCUT2D eigenvalue weighted by atomic mass is 9.45. The third-order valence-corrected chi connectivity index (χ3v) is 10.4. The largest absolute Gasteiger partial charge is 0.504 e. The van der Waals surface area contributed by atoms with Gasteiger partial charge in [0.05, 0.1) is 11.0 Å². The van der Waals surface area contributed by atoms with Crippen LogP contribution >= 0.6 is 0 Å². The number of nitrogens with zero attached hydrogens (tertiary/aromatic N) is 1. The molecular weight excluding hydrogens is 500 g/mol. The Morgan fingerprint density at radius 3 is 2.73 bits per heavy atom. The summed E-state index contributed by atoms with van der Waals surface area (Å²) in [5.74, 6) is 7.64. The Bertz CT molecular complexity index is 1370. The van der Waals surface area contributed by atoms with E-state index in [4.69, 9.17) is 4.74 Å². The fraction of sp³-hybridized carbons (Fsp3) is 0.559. The van der Waals surface area contributed by atoms with E-state index in [-0.39, 0.29) is 29.2 Å². The summed E-state index contributed by atoms with van der Waals surface area (Å²) in [4.78, 5) is 13.4. The highest BCUT2D eigenvalue weighted by molar-refractivity contribution is 5.93. The molecule has 2 saturated carbocycles. The standard InChI is InChI=1S/C23H31NO3.C11H11NO/c1-13-10-16-7-8-18(25)21-20(16)23-17(13)12-24(11-15-5-6-15)14(2)22(23,26)9-3-4-19(23)27-21;1-9-4-3-5-10(8-9)6-7-11(13)12-2/h7-8,13-15,17,19,25-26H,3-6,9-12H2,1-2H3;3-5,8H,1-2H3,(H,12,13)/t13-,14+,17?,19-,22?,23+;/m0./s1. The Morgan fingerprint density at radius 1 is 1.20 bits per heavy atom. The molecule has 5 aliphatic rings. The van der Waals surface area contributed by atoms with Crippen molar-refractivity contribution in [2.24, 2.45) is 17.8 Å². The fourth-order valence-corrected chi connectivity index (χ4v) is 8.35. The molecule has 1 amide bonds. The van der Waals surface area contributed by atoms with E-state index in [0.29, 0.717) is 17.6 Å². The van der Waals surface area contributed by atoms with E-state index in [2.05, 4.69) is 42.0 Å². The first kappa shape index (κ1) is 27.2. The molecule has 2 unspecified atom stereocenters. The maximum absolute atomic E-state index is 12.4. The summed E-state index contributed by atoms with van der Waals surface area (Å²) in [5.41, 5.74) is 3.32. The van der Waals surface area contributed by atoms with Crippen LogP contribution < -0.4 is 10.1 Å². The van der Waals surface area contributed by atoms with E-state index in [0.717, 1.165) is 61.4 Å². The Hall–Kier alpha value is -3.01. The second-order valence-electron chi connectivity index (χ2n) is 12.8. The zero-order chi connectivity index (χ0) is 28.2. The van der Waals surface area contributed by atoms with Crippen molar-refractivity contribution in [1.82, 2.24) is 10.2 Å². The van der Waals surface area contributed by atoms with Gasteiger partial charge in [0.15, 0.2) is 11.5 Å². The fourth-order valence-electron chi connectivity index (χ4n) is 8.35. The van der Waals surface area contributed by atoms with Crippen LogP contribution in [0.15, 0.2) is 36.4 Å². The van der Waals surface area contributed by atoms with E-state index >= 15 is 0 Å². The highest BCUT2D eigenvalue weighted by Gasteiger charge is 2.73. The number of amides is 1. The number of phenolic OH excluding ortho intramolecular Hbond substituents is 1. The second kappa shape index (κ2) is 10.1. The molecule has 3 fully saturated rings. The molecule has 7 rings (SSSR count). The molecular formula is C34H42N2O4. The van der Waals surface area contributed by atoms with Crippen LogP contribution in [0.2, 0.25) is 0 Å². The molecule has 1 saturated heterocycles. The predicted molar refractivity (Wildman–Crippen MR) is 155 cm³/mol. The molecule has 3 N–H and O–H groups in total. The summed E-state index contributed by atoms with van der Waals surface area (Å²) >= 11 is 0. The van der Waals surface area contributed by atoms with Crippen LogP contribution in [0.1, 0.15) is 68.2 Å². The van der Waals surface area contributed by atoms with Crippen LogP contribution in [-0.2, 0) is 16.6 Å². The minimum atomic E-state index is -0.782. The lowest BCUT2D eigenvalue weighted by Gasteiger charge is -2.65. The summed E-state index contributed by atoms with van der Waals surface area (Å²) < 4.78 is 6.46. The minimum Gasteiger partial charge on any atom is -0.504 e. The Labute approximate surface area is 238 Å². The van der Waals surface area contributed by atoms with Gasteiger partial charge in [-0.15, -0.1) is 0 Å². The van der Waals surface area contributed by atoms with Crippen LogP contribution in [0.25, 0.3) is 0 Å². The van der Waals surface area contributed by atoms with Gasteiger partial charge in [-0.1, -0.05) is 31.0 Å². The number of rotatable bonds is 2. The summed E-state index contributed by atoms with van der Waals surface area (Å²) in [7, 11) is 1.56. The number of nitrogens with one attached hydrogen (secondary N) is 1. The lowest BCUT2D eigenvalue weighted by molar-refractivity contribution is -0.210. The van der Waals surface area contributed by atoms with Gasteiger partial charge in [-0.2, -0.15) is 0 Å². The highest BCUT2D eigenvalue weighted by Crippen LogP contribution is 2.67. The number of piperidine rings is 1. The van der Waals surface area contributed by atoms with Crippen molar-refractivity contribution in [3.05, 3.63) is 58.7 Å². The van der Waals surface area contributed by atoms with Gasteiger partial charge < -0.3 is 20.3 Å². The molecule has 2 aromatic rings. The Kier molecular flexibility index (Phi) is 6.87. The zero-order valence-electron chi connectivity index (χ0n) is 24.2. The third kappa shape index (κ3) is 4.21. The number of aliphatic hydroxyl groups is 1. The maximum atomic E-state index is 12.4. The first-order valence-corrected chi connectivity index (χ1v) is 15.0. The van der Waals surface area contributed by atoms with Gasteiger partial charge in [0.1, 0.15) is 6.10 Å². The number of ether oxygens (including phenoxy) is 1. The van der Waals surface area contributed by atoms with Crippen molar-refractivity contribution in [3.8, 4) is 23.3 Å². The SMILES string of the molecule is CNC(=O)C#Cc1cccc(C)c1.C[C@H]1Cc2ccc(O)c3c2[C@]24C1CN(CC1CC1)[C@H](C)C2(O)CCC[C@@H]4O3. The first-order chi connectivity index (χ1) is 19.2. The van der Waals surface area contributed by atoms with Crippen LogP contribution in [0.3, 0.4) is 0 Å². The van der Waals surface area contributed by atoms with Gasteiger partial charge in [-0.25, -0.2) is 0 Å². The predicted octanol–water partition coefficient (Wildman–Crippen LogP) is 4.32. The molecule has 2 heterocycles. The monoisotopic (exact) mass is 542 g/mol. The average Bonchev–Trinajstić information content (AvgIpc) is 3.68. The van der Waals surface area contributed by atoms with Gasteiger partial charge >= 0.3 is 0 Å². The second-order valence-corrected chi connectivity index (χ2v) is 12.8. The van der Waals surface area contributed by atoms with Crippen LogP contribution in [-0.4, -0.2) is 58.9 Å². The maximum Gasteiger partial charge on any atom is 0.295 e. The number of phenols is 1. The van der Waals surface area contributed by atoms with Gasteiger partial charge in [-0.3, -0.25) is 9.69 Å². The normalized spacial score (nSPS) is 33.2. The van der Waals surface area contributed by atoms with Gasteiger partial charge in [0.25, 0.3) is 5.91 Å². The molecule has 6 heteroatoms. The molecule has 40 heavy (non-hydrogen) atoms. The number of aromatic hydroxyl groups is 1. The summed E-state index contributed by atoms with van der Waals surface area (Å²) in [5, 5.41) is 25.4. The molecule has 0 bridgehead atoms. The third-order valence-electron chi connectivity index (χ3n) is 10.4. The number of hydrogen-bond acceptors (Lipinski definition) is 5. The van der Waals surface area contributed by atoms with Crippen molar-refractivity contribution in [2.75, 3.05) is 20.1 Å². The molecule has 6 nitrogen and oxygen atoms in total. The highest BCUT2D eigenvalue weighted by atomic mass is 16.5. The Morgan fingerprint density at radius 2 is 2.00 bits per heavy atom. The first-order valence-electron chi connectivity index (χ1n) is 15.0. The van der Waals surface area contributed by atoms with Crippen LogP contribution in [0.4, 0.5) is 0 Å². The molecule has 2 aromatic carbocycles. The zero-order valence-corrected chi connectivity index (χ0v) is 24.2. The molecule has 0 aromatic heterocycles. The molecule has 1 spiro atoms.